The quantitative estimate of drug-likeness (QED) is 0.745. The first kappa shape index (κ1) is 21.2. The van der Waals surface area contributed by atoms with Crippen molar-refractivity contribution in [2.75, 3.05) is 6.61 Å². The molecule has 29 heavy (non-hydrogen) atoms. The highest BCUT2D eigenvalue weighted by atomic mass is 32.2. The number of nitrogens with one attached hydrogen (secondary N) is 1. The first-order chi connectivity index (χ1) is 13.7. The number of hydrogen-bond donors (Lipinski definition) is 1. The number of sulfone groups is 1. The molecule has 2 aromatic carbocycles. The van der Waals surface area contributed by atoms with Gasteiger partial charge < -0.3 is 14.8 Å². The number of fused-ring (bicyclic) bond motifs is 1. The van der Waals surface area contributed by atoms with Crippen LogP contribution >= 0.6 is 0 Å². The van der Waals surface area contributed by atoms with E-state index in [0.717, 1.165) is 29.0 Å². The van der Waals surface area contributed by atoms with Crippen LogP contribution < -0.4 is 14.8 Å². The van der Waals surface area contributed by atoms with Crippen molar-refractivity contribution in [3.63, 3.8) is 0 Å². The summed E-state index contributed by atoms with van der Waals surface area (Å²) in [6.07, 6.45) is 0.971. The third kappa shape index (κ3) is 4.56. The molecule has 1 N–H and O–H groups in total. The van der Waals surface area contributed by atoms with Gasteiger partial charge in [-0.15, -0.1) is 0 Å². The molecule has 1 amide bonds. The molecule has 0 bridgehead atoms. The lowest BCUT2D eigenvalue weighted by molar-refractivity contribution is 0.0950. The van der Waals surface area contributed by atoms with Crippen LogP contribution in [0.3, 0.4) is 0 Å². The summed E-state index contributed by atoms with van der Waals surface area (Å²) in [6, 6.07) is 9.90. The van der Waals surface area contributed by atoms with Gasteiger partial charge in [-0.05, 0) is 64.1 Å². The maximum absolute atomic E-state index is 12.5. The summed E-state index contributed by atoms with van der Waals surface area (Å²) in [5.74, 6) is 1.28. The third-order valence-corrected chi connectivity index (χ3v) is 7.05. The van der Waals surface area contributed by atoms with Crippen LogP contribution in [0.1, 0.15) is 49.2 Å². The monoisotopic (exact) mass is 417 g/mol. The first-order valence-electron chi connectivity index (χ1n) is 9.79. The molecule has 0 aromatic heterocycles. The fourth-order valence-corrected chi connectivity index (χ4v) is 4.31. The van der Waals surface area contributed by atoms with Crippen molar-refractivity contribution in [2.24, 2.45) is 0 Å². The molecule has 2 aromatic rings. The van der Waals surface area contributed by atoms with Gasteiger partial charge in [-0.1, -0.05) is 0 Å². The molecule has 1 aliphatic heterocycles. The lowest BCUT2D eigenvalue weighted by atomic mass is 10.1. The van der Waals surface area contributed by atoms with Crippen LogP contribution in [0, 0.1) is 0 Å². The highest BCUT2D eigenvalue weighted by Gasteiger charge is 2.22. The molecule has 6 nitrogen and oxygen atoms in total. The number of hydrogen-bond acceptors (Lipinski definition) is 5. The van der Waals surface area contributed by atoms with Gasteiger partial charge in [0.15, 0.2) is 9.84 Å². The Morgan fingerprint density at radius 2 is 1.93 bits per heavy atom. The standard InChI is InChI=1S/C22H27NO5S/c1-5-27-20-11-17-10-15(4)28-21(17)12-18(20)13-23-22(24)16-6-8-19(9-7-16)29(25,26)14(2)3/h6-9,11-12,14-15H,5,10,13H2,1-4H3,(H,23,24)/t15-/m1/s1. The summed E-state index contributed by atoms with van der Waals surface area (Å²) in [5, 5.41) is 2.36. The predicted molar refractivity (Wildman–Crippen MR) is 111 cm³/mol. The zero-order valence-corrected chi connectivity index (χ0v) is 18.0. The van der Waals surface area contributed by atoms with Crippen LogP contribution in [0.25, 0.3) is 0 Å². The van der Waals surface area contributed by atoms with Crippen LogP contribution in [0.5, 0.6) is 11.5 Å². The molecule has 0 aliphatic carbocycles. The van der Waals surface area contributed by atoms with Gasteiger partial charge in [-0.3, -0.25) is 4.79 Å². The zero-order valence-electron chi connectivity index (χ0n) is 17.2. The summed E-state index contributed by atoms with van der Waals surface area (Å²) >= 11 is 0. The van der Waals surface area contributed by atoms with E-state index in [2.05, 4.69) is 5.32 Å². The minimum Gasteiger partial charge on any atom is -0.494 e. The van der Waals surface area contributed by atoms with E-state index in [1.165, 1.54) is 24.3 Å². The van der Waals surface area contributed by atoms with Gasteiger partial charge >= 0.3 is 0 Å². The Morgan fingerprint density at radius 3 is 2.55 bits per heavy atom. The van der Waals surface area contributed by atoms with E-state index in [1.54, 1.807) is 13.8 Å². The highest BCUT2D eigenvalue weighted by Crippen LogP contribution is 2.35. The average Bonchev–Trinajstić information content (AvgIpc) is 3.05. The minimum absolute atomic E-state index is 0.130. The predicted octanol–water partition coefficient (Wildman–Crippen LogP) is 3.52. The van der Waals surface area contributed by atoms with Crippen LogP contribution in [0.2, 0.25) is 0 Å². The van der Waals surface area contributed by atoms with E-state index in [0.29, 0.717) is 12.2 Å². The van der Waals surface area contributed by atoms with E-state index in [1.807, 2.05) is 26.0 Å². The number of ether oxygens (including phenoxy) is 2. The molecular weight excluding hydrogens is 390 g/mol. The molecule has 7 heteroatoms. The van der Waals surface area contributed by atoms with E-state index in [-0.39, 0.29) is 23.5 Å². The van der Waals surface area contributed by atoms with Crippen molar-refractivity contribution in [1.29, 1.82) is 0 Å². The summed E-state index contributed by atoms with van der Waals surface area (Å²) in [5.41, 5.74) is 2.35. The van der Waals surface area contributed by atoms with Gasteiger partial charge in [0.1, 0.15) is 17.6 Å². The molecule has 0 unspecified atom stereocenters. The molecule has 3 rings (SSSR count). The molecule has 0 spiro atoms. The molecule has 0 saturated carbocycles. The van der Waals surface area contributed by atoms with E-state index >= 15 is 0 Å². The number of amides is 1. The van der Waals surface area contributed by atoms with Crippen LogP contribution in [0.4, 0.5) is 0 Å². The Bertz CT molecular complexity index is 997. The molecule has 1 heterocycles. The molecule has 0 saturated heterocycles. The van der Waals surface area contributed by atoms with Gasteiger partial charge in [-0.25, -0.2) is 8.42 Å². The van der Waals surface area contributed by atoms with Crippen molar-refractivity contribution in [3.8, 4) is 11.5 Å². The van der Waals surface area contributed by atoms with Crippen LogP contribution in [-0.2, 0) is 22.8 Å². The number of benzene rings is 2. The van der Waals surface area contributed by atoms with Crippen LogP contribution in [0.15, 0.2) is 41.3 Å². The van der Waals surface area contributed by atoms with Crippen molar-refractivity contribution in [3.05, 3.63) is 53.1 Å². The maximum atomic E-state index is 12.5. The molecule has 0 fully saturated rings. The number of carbonyl (C=O) groups excluding carboxylic acids is 1. The molecular formula is C22H27NO5S. The van der Waals surface area contributed by atoms with Gasteiger partial charge in [-0.2, -0.15) is 0 Å². The Balaban J connectivity index is 1.73. The maximum Gasteiger partial charge on any atom is 0.251 e. The largest absolute Gasteiger partial charge is 0.494 e. The molecule has 1 aliphatic rings. The summed E-state index contributed by atoms with van der Waals surface area (Å²) < 4.78 is 36.0. The van der Waals surface area contributed by atoms with Gasteiger partial charge in [0, 0.05) is 29.7 Å². The Labute approximate surface area is 172 Å². The minimum atomic E-state index is -3.36. The summed E-state index contributed by atoms with van der Waals surface area (Å²) in [4.78, 5) is 12.8. The lowest BCUT2D eigenvalue weighted by Crippen LogP contribution is -2.23. The lowest BCUT2D eigenvalue weighted by Gasteiger charge is -2.14. The second-order valence-electron chi connectivity index (χ2n) is 7.43. The zero-order chi connectivity index (χ0) is 21.2. The normalized spacial score (nSPS) is 15.7. The Morgan fingerprint density at radius 1 is 1.24 bits per heavy atom. The average molecular weight is 418 g/mol. The fraction of sp³-hybridized carbons (Fsp3) is 0.409. The van der Waals surface area contributed by atoms with Crippen LogP contribution in [-0.4, -0.2) is 32.3 Å². The number of rotatable bonds is 7. The van der Waals surface area contributed by atoms with Gasteiger partial charge in [0.2, 0.25) is 0 Å². The second-order valence-corrected chi connectivity index (χ2v) is 9.94. The van der Waals surface area contributed by atoms with E-state index in [4.69, 9.17) is 9.47 Å². The first-order valence-corrected chi connectivity index (χ1v) is 11.3. The summed E-state index contributed by atoms with van der Waals surface area (Å²) in [6.45, 7) is 8.01. The summed E-state index contributed by atoms with van der Waals surface area (Å²) in [7, 11) is -3.36. The highest BCUT2D eigenvalue weighted by molar-refractivity contribution is 7.92. The SMILES string of the molecule is CCOc1cc2c(cc1CNC(=O)c1ccc(S(=O)(=O)C(C)C)cc1)O[C@H](C)C2. The van der Waals surface area contributed by atoms with E-state index in [9.17, 15) is 13.2 Å². The van der Waals surface area contributed by atoms with E-state index < -0.39 is 15.1 Å². The Hall–Kier alpha value is -2.54. The molecule has 156 valence electrons. The Kier molecular flexibility index (Phi) is 6.17. The second kappa shape index (κ2) is 8.45. The van der Waals surface area contributed by atoms with Crippen molar-refractivity contribution < 1.29 is 22.7 Å². The molecule has 0 radical (unpaired) electrons. The van der Waals surface area contributed by atoms with Crippen molar-refractivity contribution in [1.82, 2.24) is 5.32 Å². The van der Waals surface area contributed by atoms with Crippen molar-refractivity contribution in [2.45, 2.75) is 56.9 Å². The van der Waals surface area contributed by atoms with Crippen molar-refractivity contribution >= 4 is 15.7 Å². The molecule has 1 atom stereocenters. The van der Waals surface area contributed by atoms with Gasteiger partial charge in [0.05, 0.1) is 16.8 Å². The fourth-order valence-electron chi connectivity index (χ4n) is 3.26. The number of carbonyl (C=O) groups is 1. The smallest absolute Gasteiger partial charge is 0.251 e. The van der Waals surface area contributed by atoms with Gasteiger partial charge in [0.25, 0.3) is 5.91 Å². The topological polar surface area (TPSA) is 81.7 Å². The third-order valence-electron chi connectivity index (χ3n) is 4.88.